The molecule has 0 aliphatic rings. The zero-order valence-corrected chi connectivity index (χ0v) is 10.8. The third kappa shape index (κ3) is 3.54. The first-order chi connectivity index (χ1) is 6.79. The molecule has 0 saturated heterocycles. The predicted octanol–water partition coefficient (Wildman–Crippen LogP) is 2.53. The first kappa shape index (κ1) is 12.0. The Kier molecular flexibility index (Phi) is 3.38. The summed E-state index contributed by atoms with van der Waals surface area (Å²) < 4.78 is 7.38. The molecule has 0 aliphatic carbocycles. The SMILES string of the molecule is Cn1ncc(Br)c1NC(=O)OC(C)(C)C. The maximum atomic E-state index is 11.4. The van der Waals surface area contributed by atoms with Crippen molar-refractivity contribution < 1.29 is 9.53 Å². The molecule has 0 aliphatic heterocycles. The van der Waals surface area contributed by atoms with Gasteiger partial charge in [-0.2, -0.15) is 5.10 Å². The lowest BCUT2D eigenvalue weighted by atomic mass is 10.2. The average molecular weight is 276 g/mol. The molecule has 84 valence electrons. The van der Waals surface area contributed by atoms with Gasteiger partial charge in [0.2, 0.25) is 0 Å². The van der Waals surface area contributed by atoms with Crippen molar-refractivity contribution in [1.29, 1.82) is 0 Å². The molecule has 0 fully saturated rings. The summed E-state index contributed by atoms with van der Waals surface area (Å²) >= 11 is 3.27. The first-order valence-electron chi connectivity index (χ1n) is 4.47. The fourth-order valence-electron chi connectivity index (χ4n) is 0.952. The molecule has 0 atom stereocenters. The smallest absolute Gasteiger partial charge is 0.413 e. The van der Waals surface area contributed by atoms with Gasteiger partial charge in [0.25, 0.3) is 0 Å². The zero-order valence-electron chi connectivity index (χ0n) is 9.17. The molecule has 1 heterocycles. The lowest BCUT2D eigenvalue weighted by molar-refractivity contribution is 0.0634. The Labute approximate surface area is 96.9 Å². The van der Waals surface area contributed by atoms with E-state index in [-0.39, 0.29) is 0 Å². The van der Waals surface area contributed by atoms with Crippen LogP contribution in [0.25, 0.3) is 0 Å². The van der Waals surface area contributed by atoms with Crippen molar-refractivity contribution in [2.75, 3.05) is 5.32 Å². The maximum Gasteiger partial charge on any atom is 0.413 e. The van der Waals surface area contributed by atoms with E-state index in [1.807, 2.05) is 20.8 Å². The Morgan fingerprint density at radius 2 is 2.20 bits per heavy atom. The maximum absolute atomic E-state index is 11.4. The second kappa shape index (κ2) is 4.22. The Bertz CT molecular complexity index is 348. The molecule has 0 bridgehead atoms. The molecule has 0 spiro atoms. The van der Waals surface area contributed by atoms with Crippen molar-refractivity contribution in [3.8, 4) is 0 Å². The van der Waals surface area contributed by atoms with Crippen molar-refractivity contribution in [3.05, 3.63) is 10.7 Å². The number of carbonyl (C=O) groups excluding carboxylic acids is 1. The van der Waals surface area contributed by atoms with Crippen molar-refractivity contribution in [2.24, 2.45) is 7.05 Å². The lowest BCUT2D eigenvalue weighted by Crippen LogP contribution is -2.28. The fourth-order valence-corrected chi connectivity index (χ4v) is 1.40. The van der Waals surface area contributed by atoms with E-state index in [2.05, 4.69) is 26.3 Å². The number of rotatable bonds is 1. The van der Waals surface area contributed by atoms with Crippen molar-refractivity contribution >= 4 is 27.8 Å². The summed E-state index contributed by atoms with van der Waals surface area (Å²) in [6.07, 6.45) is 1.11. The van der Waals surface area contributed by atoms with E-state index in [4.69, 9.17) is 4.74 Å². The number of carbonyl (C=O) groups is 1. The third-order valence-electron chi connectivity index (χ3n) is 1.51. The van der Waals surface area contributed by atoms with Crippen LogP contribution in [-0.4, -0.2) is 21.5 Å². The van der Waals surface area contributed by atoms with Crippen LogP contribution in [0.2, 0.25) is 0 Å². The average Bonchev–Trinajstić information content (AvgIpc) is 2.32. The van der Waals surface area contributed by atoms with Gasteiger partial charge >= 0.3 is 6.09 Å². The number of amides is 1. The van der Waals surface area contributed by atoms with E-state index in [1.165, 1.54) is 0 Å². The van der Waals surface area contributed by atoms with E-state index in [0.717, 1.165) is 4.47 Å². The Morgan fingerprint density at radius 3 is 2.60 bits per heavy atom. The van der Waals surface area contributed by atoms with Gasteiger partial charge in [0.15, 0.2) is 0 Å². The van der Waals surface area contributed by atoms with Crippen molar-refractivity contribution in [3.63, 3.8) is 0 Å². The number of aromatic nitrogens is 2. The number of nitrogens with one attached hydrogen (secondary N) is 1. The number of hydrogen-bond acceptors (Lipinski definition) is 3. The van der Waals surface area contributed by atoms with Crippen LogP contribution >= 0.6 is 15.9 Å². The Balaban J connectivity index is 2.67. The van der Waals surface area contributed by atoms with Crippen LogP contribution in [0.15, 0.2) is 10.7 Å². The van der Waals surface area contributed by atoms with E-state index >= 15 is 0 Å². The van der Waals surface area contributed by atoms with Gasteiger partial charge in [-0.05, 0) is 36.7 Å². The number of ether oxygens (including phenoxy) is 1. The molecule has 0 saturated carbocycles. The number of nitrogens with zero attached hydrogens (tertiary/aromatic N) is 2. The highest BCUT2D eigenvalue weighted by Gasteiger charge is 2.18. The fraction of sp³-hybridized carbons (Fsp3) is 0.556. The largest absolute Gasteiger partial charge is 0.444 e. The van der Waals surface area contributed by atoms with Crippen molar-refractivity contribution in [1.82, 2.24) is 9.78 Å². The number of hydrogen-bond donors (Lipinski definition) is 1. The van der Waals surface area contributed by atoms with Gasteiger partial charge in [-0.3, -0.25) is 10.00 Å². The molecule has 15 heavy (non-hydrogen) atoms. The van der Waals surface area contributed by atoms with Gasteiger partial charge < -0.3 is 4.74 Å². The first-order valence-corrected chi connectivity index (χ1v) is 5.26. The van der Waals surface area contributed by atoms with Gasteiger partial charge in [-0.25, -0.2) is 4.79 Å². The van der Waals surface area contributed by atoms with Crippen LogP contribution in [0.1, 0.15) is 20.8 Å². The highest BCUT2D eigenvalue weighted by Crippen LogP contribution is 2.21. The van der Waals surface area contributed by atoms with E-state index in [9.17, 15) is 4.79 Å². The minimum atomic E-state index is -0.505. The van der Waals surface area contributed by atoms with Crippen molar-refractivity contribution in [2.45, 2.75) is 26.4 Å². The molecular formula is C9H14BrN3O2. The monoisotopic (exact) mass is 275 g/mol. The molecule has 1 N–H and O–H groups in total. The summed E-state index contributed by atoms with van der Waals surface area (Å²) in [4.78, 5) is 11.4. The highest BCUT2D eigenvalue weighted by atomic mass is 79.9. The van der Waals surface area contributed by atoms with Crippen LogP contribution in [-0.2, 0) is 11.8 Å². The molecule has 1 amide bonds. The zero-order chi connectivity index (χ0) is 11.6. The van der Waals surface area contributed by atoms with E-state index in [0.29, 0.717) is 5.82 Å². The molecule has 0 radical (unpaired) electrons. The summed E-state index contributed by atoms with van der Waals surface area (Å²) in [5, 5.41) is 6.57. The van der Waals surface area contributed by atoms with Gasteiger partial charge in [-0.15, -0.1) is 0 Å². The standard InChI is InChI=1S/C9H14BrN3O2/c1-9(2,3)15-8(14)12-7-6(10)5-11-13(7)4/h5H,1-4H3,(H,12,14). The number of anilines is 1. The third-order valence-corrected chi connectivity index (χ3v) is 2.09. The number of aryl methyl sites for hydroxylation is 1. The minimum Gasteiger partial charge on any atom is -0.444 e. The second-order valence-corrected chi connectivity index (χ2v) is 4.95. The molecule has 0 aromatic carbocycles. The van der Waals surface area contributed by atoms with Gasteiger partial charge in [0.1, 0.15) is 11.4 Å². The summed E-state index contributed by atoms with van der Waals surface area (Å²) in [7, 11) is 1.73. The van der Waals surface area contributed by atoms with E-state index in [1.54, 1.807) is 17.9 Å². The molecule has 1 rings (SSSR count). The van der Waals surface area contributed by atoms with Crippen LogP contribution in [0, 0.1) is 0 Å². The number of halogens is 1. The Hall–Kier alpha value is -1.04. The molecule has 0 unspecified atom stereocenters. The molecule has 6 heteroatoms. The minimum absolute atomic E-state index is 0.494. The van der Waals surface area contributed by atoms with Gasteiger partial charge in [0.05, 0.1) is 10.7 Å². The quantitative estimate of drug-likeness (QED) is 0.857. The van der Waals surface area contributed by atoms with Crippen LogP contribution in [0.5, 0.6) is 0 Å². The summed E-state index contributed by atoms with van der Waals surface area (Å²) in [5.74, 6) is 0.573. The molecular weight excluding hydrogens is 262 g/mol. The van der Waals surface area contributed by atoms with Crippen LogP contribution in [0.4, 0.5) is 10.6 Å². The topological polar surface area (TPSA) is 56.2 Å². The highest BCUT2D eigenvalue weighted by molar-refractivity contribution is 9.10. The predicted molar refractivity (Wildman–Crippen MR) is 60.8 cm³/mol. The normalized spacial score (nSPS) is 11.3. The van der Waals surface area contributed by atoms with Crippen LogP contribution < -0.4 is 5.32 Å². The lowest BCUT2D eigenvalue weighted by Gasteiger charge is -2.19. The second-order valence-electron chi connectivity index (χ2n) is 4.09. The summed E-state index contributed by atoms with van der Waals surface area (Å²) in [5.41, 5.74) is -0.505. The van der Waals surface area contributed by atoms with Gasteiger partial charge in [0, 0.05) is 7.05 Å². The van der Waals surface area contributed by atoms with E-state index < -0.39 is 11.7 Å². The summed E-state index contributed by atoms with van der Waals surface area (Å²) in [6.45, 7) is 5.43. The molecule has 1 aromatic heterocycles. The summed E-state index contributed by atoms with van der Waals surface area (Å²) in [6, 6.07) is 0. The Morgan fingerprint density at radius 1 is 1.60 bits per heavy atom. The van der Waals surface area contributed by atoms with Gasteiger partial charge in [-0.1, -0.05) is 0 Å². The molecule has 5 nitrogen and oxygen atoms in total. The molecule has 1 aromatic rings. The van der Waals surface area contributed by atoms with Crippen LogP contribution in [0.3, 0.4) is 0 Å².